The van der Waals surface area contributed by atoms with Crippen molar-refractivity contribution in [1.82, 2.24) is 14.8 Å². The molecule has 0 aliphatic carbocycles. The Balaban J connectivity index is 1.68. The number of hydrogen-bond donors (Lipinski definition) is 0. The summed E-state index contributed by atoms with van der Waals surface area (Å²) in [5.41, 5.74) is 4.70. The molecule has 25 heavy (non-hydrogen) atoms. The third-order valence-corrected chi connectivity index (χ3v) is 4.71. The van der Waals surface area contributed by atoms with Crippen LogP contribution in [0.15, 0.2) is 64.2 Å². The Morgan fingerprint density at radius 2 is 1.88 bits per heavy atom. The Kier molecular flexibility index (Phi) is 4.00. The molecule has 4 aromatic rings. The molecule has 0 spiro atoms. The number of hydrogen-bond acceptors (Lipinski definition) is 5. The fraction of sp³-hybridized carbons (Fsp3) is 0.105. The maximum absolute atomic E-state index is 9.52. The topological polar surface area (TPSA) is 67.6 Å². The van der Waals surface area contributed by atoms with Crippen molar-refractivity contribution in [1.29, 1.82) is 5.26 Å². The lowest BCUT2D eigenvalue weighted by molar-refractivity contribution is 0.489. The molecule has 0 saturated carbocycles. The molecular weight excluding hydrogens is 332 g/mol. The van der Waals surface area contributed by atoms with Crippen molar-refractivity contribution in [3.63, 3.8) is 0 Å². The minimum Gasteiger partial charge on any atom is -0.431 e. The van der Waals surface area contributed by atoms with Crippen molar-refractivity contribution in [3.8, 4) is 11.8 Å². The van der Waals surface area contributed by atoms with Crippen LogP contribution >= 0.6 is 11.8 Å². The van der Waals surface area contributed by atoms with Gasteiger partial charge in [0.25, 0.3) is 5.22 Å². The predicted octanol–water partition coefficient (Wildman–Crippen LogP) is 4.49. The minimum atomic E-state index is 0.547. The molecule has 2 aromatic heterocycles. The van der Waals surface area contributed by atoms with Gasteiger partial charge < -0.3 is 4.42 Å². The van der Waals surface area contributed by atoms with Gasteiger partial charge in [0.2, 0.25) is 0 Å². The summed E-state index contributed by atoms with van der Waals surface area (Å²) in [6.07, 6.45) is 0. The minimum absolute atomic E-state index is 0.547. The first kappa shape index (κ1) is 15.5. The van der Waals surface area contributed by atoms with Gasteiger partial charge in [-0.25, -0.2) is 9.67 Å². The standard InChI is InChI=1S/C19H14N4OS/c1-13-15(11-20)17(23(22-13)14-7-3-2-4-8-14)12-25-19-21-16-9-5-6-10-18(16)24-19/h2-10H,12H2,1H3. The van der Waals surface area contributed by atoms with Crippen molar-refractivity contribution < 1.29 is 4.42 Å². The second-order valence-corrected chi connectivity index (χ2v) is 6.43. The predicted molar refractivity (Wildman–Crippen MR) is 96.6 cm³/mol. The van der Waals surface area contributed by atoms with Gasteiger partial charge in [0.05, 0.1) is 22.6 Å². The maximum Gasteiger partial charge on any atom is 0.257 e. The van der Waals surface area contributed by atoms with Crippen LogP contribution in [-0.2, 0) is 5.75 Å². The van der Waals surface area contributed by atoms with E-state index in [1.807, 2.05) is 66.2 Å². The van der Waals surface area contributed by atoms with Crippen LogP contribution < -0.4 is 0 Å². The normalized spacial score (nSPS) is 10.9. The number of thioether (sulfide) groups is 1. The summed E-state index contributed by atoms with van der Waals surface area (Å²) in [4.78, 5) is 4.48. The number of aromatic nitrogens is 3. The number of oxazole rings is 1. The molecule has 0 bridgehead atoms. The summed E-state index contributed by atoms with van der Waals surface area (Å²) < 4.78 is 7.58. The van der Waals surface area contributed by atoms with Crippen molar-refractivity contribution in [2.45, 2.75) is 17.9 Å². The molecule has 0 unspecified atom stereocenters. The highest BCUT2D eigenvalue weighted by Crippen LogP contribution is 2.29. The number of aryl methyl sites for hydroxylation is 1. The molecular formula is C19H14N4OS. The van der Waals surface area contributed by atoms with Crippen LogP contribution in [0.3, 0.4) is 0 Å². The van der Waals surface area contributed by atoms with Crippen LogP contribution in [0.1, 0.15) is 17.0 Å². The van der Waals surface area contributed by atoms with Gasteiger partial charge in [-0.05, 0) is 31.2 Å². The number of fused-ring (bicyclic) bond motifs is 1. The van der Waals surface area contributed by atoms with Gasteiger partial charge in [-0.15, -0.1) is 0 Å². The summed E-state index contributed by atoms with van der Waals surface area (Å²) in [7, 11) is 0. The number of para-hydroxylation sites is 3. The molecule has 122 valence electrons. The zero-order valence-electron chi connectivity index (χ0n) is 13.5. The number of benzene rings is 2. The second kappa shape index (κ2) is 6.46. The quantitative estimate of drug-likeness (QED) is 0.509. The van der Waals surface area contributed by atoms with Gasteiger partial charge in [0, 0.05) is 5.75 Å². The van der Waals surface area contributed by atoms with Crippen LogP contribution in [0.2, 0.25) is 0 Å². The van der Waals surface area contributed by atoms with E-state index in [4.69, 9.17) is 4.42 Å². The van der Waals surface area contributed by atoms with Crippen molar-refractivity contribution in [2.75, 3.05) is 0 Å². The smallest absolute Gasteiger partial charge is 0.257 e. The first-order valence-electron chi connectivity index (χ1n) is 7.78. The lowest BCUT2D eigenvalue weighted by atomic mass is 10.2. The molecule has 6 heteroatoms. The first-order chi connectivity index (χ1) is 12.3. The van der Waals surface area contributed by atoms with Gasteiger partial charge in [0.1, 0.15) is 11.6 Å². The maximum atomic E-state index is 9.52. The average Bonchev–Trinajstić information content (AvgIpc) is 3.20. The van der Waals surface area contributed by atoms with Gasteiger partial charge in [-0.3, -0.25) is 0 Å². The van der Waals surface area contributed by atoms with Crippen LogP contribution in [0.5, 0.6) is 0 Å². The van der Waals surface area contributed by atoms with Gasteiger partial charge >= 0.3 is 0 Å². The summed E-state index contributed by atoms with van der Waals surface area (Å²) >= 11 is 1.46. The zero-order valence-corrected chi connectivity index (χ0v) is 14.3. The Morgan fingerprint density at radius 3 is 2.64 bits per heavy atom. The lowest BCUT2D eigenvalue weighted by Crippen LogP contribution is -2.01. The van der Waals surface area contributed by atoms with Crippen LogP contribution in [0.25, 0.3) is 16.8 Å². The number of nitriles is 1. The average molecular weight is 346 g/mol. The number of rotatable bonds is 4. The fourth-order valence-corrected chi connectivity index (χ4v) is 3.52. The third kappa shape index (κ3) is 2.90. The molecule has 0 saturated heterocycles. The number of nitrogens with zero attached hydrogens (tertiary/aromatic N) is 4. The van der Waals surface area contributed by atoms with E-state index in [1.165, 1.54) is 11.8 Å². The summed E-state index contributed by atoms with van der Waals surface area (Å²) in [6, 6.07) is 19.7. The van der Waals surface area contributed by atoms with Crippen LogP contribution in [-0.4, -0.2) is 14.8 Å². The molecule has 2 heterocycles. The monoisotopic (exact) mass is 346 g/mol. The largest absolute Gasteiger partial charge is 0.431 e. The van der Waals surface area contributed by atoms with Gasteiger partial charge in [-0.1, -0.05) is 42.1 Å². The van der Waals surface area contributed by atoms with E-state index in [1.54, 1.807) is 0 Å². The van der Waals surface area contributed by atoms with E-state index >= 15 is 0 Å². The molecule has 0 aliphatic rings. The molecule has 0 aliphatic heterocycles. The second-order valence-electron chi connectivity index (χ2n) is 5.50. The van der Waals surface area contributed by atoms with Gasteiger partial charge in [0.15, 0.2) is 5.58 Å². The molecule has 0 atom stereocenters. The highest BCUT2D eigenvalue weighted by atomic mass is 32.2. The molecule has 5 nitrogen and oxygen atoms in total. The Morgan fingerprint density at radius 1 is 1.12 bits per heavy atom. The van der Waals surface area contributed by atoms with Crippen molar-refractivity contribution in [3.05, 3.63) is 71.5 Å². The molecule has 4 rings (SSSR count). The molecule has 0 radical (unpaired) electrons. The van der Waals surface area contributed by atoms with Gasteiger partial charge in [-0.2, -0.15) is 10.4 Å². The van der Waals surface area contributed by atoms with E-state index in [2.05, 4.69) is 16.2 Å². The van der Waals surface area contributed by atoms with E-state index in [0.29, 0.717) is 16.5 Å². The molecule has 2 aromatic carbocycles. The SMILES string of the molecule is Cc1nn(-c2ccccc2)c(CSc2nc3ccccc3o2)c1C#N. The molecule has 0 N–H and O–H groups in total. The zero-order chi connectivity index (χ0) is 17.2. The Hall–Kier alpha value is -3.04. The first-order valence-corrected chi connectivity index (χ1v) is 8.77. The Labute approximate surface area is 148 Å². The highest BCUT2D eigenvalue weighted by molar-refractivity contribution is 7.98. The Bertz CT molecular complexity index is 1040. The van der Waals surface area contributed by atoms with Crippen LogP contribution in [0.4, 0.5) is 0 Å². The van der Waals surface area contributed by atoms with E-state index in [0.717, 1.165) is 28.2 Å². The highest BCUT2D eigenvalue weighted by Gasteiger charge is 2.17. The lowest BCUT2D eigenvalue weighted by Gasteiger charge is -2.06. The summed E-state index contributed by atoms with van der Waals surface area (Å²) in [5.74, 6) is 0.547. The molecule has 0 fully saturated rings. The van der Waals surface area contributed by atoms with Crippen molar-refractivity contribution >= 4 is 22.9 Å². The summed E-state index contributed by atoms with van der Waals surface area (Å²) in [5, 5.41) is 14.6. The fourth-order valence-electron chi connectivity index (χ4n) is 2.68. The summed E-state index contributed by atoms with van der Waals surface area (Å²) in [6.45, 7) is 1.85. The van der Waals surface area contributed by atoms with Crippen LogP contribution in [0, 0.1) is 18.3 Å². The van der Waals surface area contributed by atoms with Crippen molar-refractivity contribution in [2.24, 2.45) is 0 Å². The van der Waals surface area contributed by atoms with E-state index < -0.39 is 0 Å². The molecule has 0 amide bonds. The van der Waals surface area contributed by atoms with E-state index in [9.17, 15) is 5.26 Å². The van der Waals surface area contributed by atoms with E-state index in [-0.39, 0.29) is 0 Å². The third-order valence-electron chi connectivity index (χ3n) is 3.88.